The van der Waals surface area contributed by atoms with Crippen LogP contribution in [-0.2, 0) is 6.54 Å². The molecular weight excluding hydrogens is 232 g/mol. The number of H-pyrrole nitrogens is 1. The van der Waals surface area contributed by atoms with E-state index in [2.05, 4.69) is 15.3 Å². The molecule has 2 N–H and O–H groups in total. The molecule has 1 aromatic heterocycles. The predicted octanol–water partition coefficient (Wildman–Crippen LogP) is 2.55. The standard InChI is InChI=1S/C12H14N4O2/c1-8-3-4-12(16(17)18)11(5-8)14-7-10-6-13-9(2)15-10/h3-6,14H,7H2,1-2H3,(H,13,15). The summed E-state index contributed by atoms with van der Waals surface area (Å²) in [6.07, 6.45) is 1.71. The van der Waals surface area contributed by atoms with E-state index in [0.29, 0.717) is 12.2 Å². The number of nitro benzene ring substituents is 1. The van der Waals surface area contributed by atoms with Crippen molar-refractivity contribution in [3.05, 3.63) is 51.6 Å². The van der Waals surface area contributed by atoms with Crippen molar-refractivity contribution in [2.24, 2.45) is 0 Å². The lowest BCUT2D eigenvalue weighted by atomic mass is 10.2. The van der Waals surface area contributed by atoms with Crippen molar-refractivity contribution in [3.8, 4) is 0 Å². The monoisotopic (exact) mass is 246 g/mol. The van der Waals surface area contributed by atoms with Crippen LogP contribution < -0.4 is 5.32 Å². The number of hydrogen-bond donors (Lipinski definition) is 2. The molecule has 0 aliphatic carbocycles. The summed E-state index contributed by atoms with van der Waals surface area (Å²) in [6, 6.07) is 5.00. The maximum Gasteiger partial charge on any atom is 0.292 e. The van der Waals surface area contributed by atoms with Crippen LogP contribution in [0.1, 0.15) is 17.1 Å². The third kappa shape index (κ3) is 2.65. The van der Waals surface area contributed by atoms with Gasteiger partial charge in [0.25, 0.3) is 5.69 Å². The first-order chi connectivity index (χ1) is 8.56. The molecule has 0 unspecified atom stereocenters. The van der Waals surface area contributed by atoms with Gasteiger partial charge in [-0.3, -0.25) is 10.1 Å². The summed E-state index contributed by atoms with van der Waals surface area (Å²) in [6.45, 7) is 4.24. The number of anilines is 1. The molecule has 18 heavy (non-hydrogen) atoms. The fraction of sp³-hybridized carbons (Fsp3) is 0.250. The molecule has 0 fully saturated rings. The van der Waals surface area contributed by atoms with Crippen LogP contribution in [-0.4, -0.2) is 14.9 Å². The molecule has 2 aromatic rings. The zero-order chi connectivity index (χ0) is 13.1. The molecule has 1 heterocycles. The van der Waals surface area contributed by atoms with Crippen molar-refractivity contribution in [2.75, 3.05) is 5.32 Å². The summed E-state index contributed by atoms with van der Waals surface area (Å²) in [4.78, 5) is 17.6. The number of imidazole rings is 1. The Balaban J connectivity index is 2.17. The number of rotatable bonds is 4. The molecule has 0 spiro atoms. The summed E-state index contributed by atoms with van der Waals surface area (Å²) >= 11 is 0. The van der Waals surface area contributed by atoms with Gasteiger partial charge in [-0.05, 0) is 25.5 Å². The number of nitrogens with one attached hydrogen (secondary N) is 2. The van der Waals surface area contributed by atoms with Crippen LogP contribution in [0.15, 0.2) is 24.4 Å². The molecule has 0 atom stereocenters. The highest BCUT2D eigenvalue weighted by molar-refractivity contribution is 5.62. The van der Waals surface area contributed by atoms with Crippen LogP contribution in [0.5, 0.6) is 0 Å². The van der Waals surface area contributed by atoms with Gasteiger partial charge in [-0.15, -0.1) is 0 Å². The average molecular weight is 246 g/mol. The Kier molecular flexibility index (Phi) is 3.27. The third-order valence-corrected chi connectivity index (χ3v) is 2.57. The molecule has 1 aromatic carbocycles. The molecular formula is C12H14N4O2. The number of aromatic nitrogens is 2. The zero-order valence-electron chi connectivity index (χ0n) is 10.2. The number of hydrogen-bond acceptors (Lipinski definition) is 4. The van der Waals surface area contributed by atoms with E-state index in [4.69, 9.17) is 0 Å². The van der Waals surface area contributed by atoms with Crippen molar-refractivity contribution in [1.82, 2.24) is 9.97 Å². The Labute approximate surface area is 104 Å². The van der Waals surface area contributed by atoms with Crippen molar-refractivity contribution in [2.45, 2.75) is 20.4 Å². The first-order valence-corrected chi connectivity index (χ1v) is 5.55. The molecule has 6 nitrogen and oxygen atoms in total. The Bertz CT molecular complexity index is 577. The summed E-state index contributed by atoms with van der Waals surface area (Å²) < 4.78 is 0. The Morgan fingerprint density at radius 3 is 2.83 bits per heavy atom. The third-order valence-electron chi connectivity index (χ3n) is 2.57. The molecule has 94 valence electrons. The molecule has 6 heteroatoms. The normalized spacial score (nSPS) is 10.3. The highest BCUT2D eigenvalue weighted by Crippen LogP contribution is 2.25. The second kappa shape index (κ2) is 4.87. The number of benzene rings is 1. The lowest BCUT2D eigenvalue weighted by molar-refractivity contribution is -0.384. The average Bonchev–Trinajstić information content (AvgIpc) is 2.72. The van der Waals surface area contributed by atoms with Gasteiger partial charge in [-0.2, -0.15) is 0 Å². The van der Waals surface area contributed by atoms with Crippen molar-refractivity contribution < 1.29 is 4.92 Å². The van der Waals surface area contributed by atoms with Gasteiger partial charge in [0.2, 0.25) is 0 Å². The number of nitro groups is 1. The minimum absolute atomic E-state index is 0.0804. The molecule has 0 saturated heterocycles. The van der Waals surface area contributed by atoms with Gasteiger partial charge in [0.1, 0.15) is 11.5 Å². The maximum absolute atomic E-state index is 10.9. The van der Waals surface area contributed by atoms with Gasteiger partial charge in [0, 0.05) is 6.07 Å². The second-order valence-corrected chi connectivity index (χ2v) is 4.13. The van der Waals surface area contributed by atoms with E-state index in [9.17, 15) is 10.1 Å². The lowest BCUT2D eigenvalue weighted by Gasteiger charge is -2.06. The first-order valence-electron chi connectivity index (χ1n) is 5.55. The topological polar surface area (TPSA) is 83.8 Å². The quantitative estimate of drug-likeness (QED) is 0.641. The molecule has 2 rings (SSSR count). The Morgan fingerprint density at radius 2 is 2.22 bits per heavy atom. The van der Waals surface area contributed by atoms with Gasteiger partial charge in [0.05, 0.1) is 23.4 Å². The van der Waals surface area contributed by atoms with Crippen LogP contribution >= 0.6 is 0 Å². The van der Waals surface area contributed by atoms with Gasteiger partial charge in [-0.1, -0.05) is 6.07 Å². The van der Waals surface area contributed by atoms with Crippen LogP contribution in [0.4, 0.5) is 11.4 Å². The molecule has 0 aliphatic heterocycles. The fourth-order valence-electron chi connectivity index (χ4n) is 1.70. The van der Waals surface area contributed by atoms with E-state index in [1.54, 1.807) is 18.3 Å². The van der Waals surface area contributed by atoms with Crippen LogP contribution in [0.3, 0.4) is 0 Å². The largest absolute Gasteiger partial charge is 0.374 e. The van der Waals surface area contributed by atoms with E-state index in [-0.39, 0.29) is 10.6 Å². The highest BCUT2D eigenvalue weighted by Gasteiger charge is 2.13. The minimum atomic E-state index is -0.389. The molecule has 0 amide bonds. The Hall–Kier alpha value is -2.37. The van der Waals surface area contributed by atoms with Crippen molar-refractivity contribution >= 4 is 11.4 Å². The molecule has 0 aliphatic rings. The number of aryl methyl sites for hydroxylation is 2. The SMILES string of the molecule is Cc1ccc([N+](=O)[O-])c(NCc2cnc(C)[nH]2)c1. The smallest absolute Gasteiger partial charge is 0.292 e. The Morgan fingerprint density at radius 1 is 1.44 bits per heavy atom. The zero-order valence-corrected chi connectivity index (χ0v) is 10.2. The summed E-state index contributed by atoms with van der Waals surface area (Å²) in [5.41, 5.74) is 2.47. The molecule has 0 radical (unpaired) electrons. The van der Waals surface area contributed by atoms with E-state index < -0.39 is 0 Å². The van der Waals surface area contributed by atoms with Crippen molar-refractivity contribution in [1.29, 1.82) is 0 Å². The summed E-state index contributed by atoms with van der Waals surface area (Å²) in [5, 5.41) is 13.9. The van der Waals surface area contributed by atoms with Gasteiger partial charge in [0.15, 0.2) is 0 Å². The van der Waals surface area contributed by atoms with Crippen LogP contribution in [0.25, 0.3) is 0 Å². The van der Waals surface area contributed by atoms with E-state index in [1.165, 1.54) is 6.07 Å². The highest BCUT2D eigenvalue weighted by atomic mass is 16.6. The van der Waals surface area contributed by atoms with Crippen molar-refractivity contribution in [3.63, 3.8) is 0 Å². The van der Waals surface area contributed by atoms with Gasteiger partial charge in [-0.25, -0.2) is 4.98 Å². The van der Waals surface area contributed by atoms with E-state index in [1.807, 2.05) is 13.8 Å². The van der Waals surface area contributed by atoms with Crippen LogP contribution in [0, 0.1) is 24.0 Å². The second-order valence-electron chi connectivity index (χ2n) is 4.13. The first kappa shape index (κ1) is 12.1. The summed E-state index contributed by atoms with van der Waals surface area (Å²) in [5.74, 6) is 0.825. The predicted molar refractivity (Wildman–Crippen MR) is 68.5 cm³/mol. The number of aromatic amines is 1. The van der Waals surface area contributed by atoms with Gasteiger partial charge < -0.3 is 10.3 Å². The molecule has 0 bridgehead atoms. The van der Waals surface area contributed by atoms with E-state index in [0.717, 1.165) is 17.1 Å². The minimum Gasteiger partial charge on any atom is -0.374 e. The summed E-state index contributed by atoms with van der Waals surface area (Å²) in [7, 11) is 0. The number of nitrogens with zero attached hydrogens (tertiary/aromatic N) is 2. The maximum atomic E-state index is 10.9. The fourth-order valence-corrected chi connectivity index (χ4v) is 1.70. The molecule has 0 saturated carbocycles. The van der Waals surface area contributed by atoms with Gasteiger partial charge >= 0.3 is 0 Å². The lowest BCUT2D eigenvalue weighted by Crippen LogP contribution is -2.03. The van der Waals surface area contributed by atoms with Crippen LogP contribution in [0.2, 0.25) is 0 Å². The van der Waals surface area contributed by atoms with E-state index >= 15 is 0 Å².